The van der Waals surface area contributed by atoms with Crippen LogP contribution in [0.25, 0.3) is 0 Å². The van der Waals surface area contributed by atoms with Crippen LogP contribution >= 0.6 is 0 Å². The smallest absolute Gasteiger partial charge is 0.200 e. The second-order valence-electron chi connectivity index (χ2n) is 6.16. The highest BCUT2D eigenvalue weighted by Gasteiger charge is 2.10. The highest BCUT2D eigenvalue weighted by Crippen LogP contribution is 2.36. The molecule has 0 aliphatic rings. The maximum absolute atomic E-state index is 10.4. The molecule has 0 aliphatic heterocycles. The van der Waals surface area contributed by atoms with Gasteiger partial charge in [0.25, 0.3) is 0 Å². The van der Waals surface area contributed by atoms with Crippen LogP contribution in [0.2, 0.25) is 0 Å². The fourth-order valence-electron chi connectivity index (χ4n) is 2.66. The van der Waals surface area contributed by atoms with Gasteiger partial charge in [0, 0.05) is 0 Å². The minimum atomic E-state index is 0.0304. The third kappa shape index (κ3) is 4.54. The molecule has 0 bridgehead atoms. The van der Waals surface area contributed by atoms with Crippen molar-refractivity contribution in [2.24, 2.45) is 0 Å². The molecule has 3 heteroatoms. The van der Waals surface area contributed by atoms with Crippen molar-refractivity contribution >= 4 is 0 Å². The molecule has 0 unspecified atom stereocenters. The number of hydrogen-bond acceptors (Lipinski definition) is 3. The first-order valence-electron chi connectivity index (χ1n) is 8.30. The van der Waals surface area contributed by atoms with Gasteiger partial charge in [0.15, 0.2) is 11.5 Å². The molecule has 3 aromatic rings. The average molecular weight is 334 g/mol. The van der Waals surface area contributed by atoms with E-state index in [9.17, 15) is 5.11 Å². The average Bonchev–Trinajstić information content (AvgIpc) is 2.60. The van der Waals surface area contributed by atoms with E-state index in [-0.39, 0.29) is 5.75 Å². The van der Waals surface area contributed by atoms with Crippen LogP contribution in [-0.2, 0) is 13.2 Å². The van der Waals surface area contributed by atoms with Crippen molar-refractivity contribution in [2.45, 2.75) is 27.1 Å². The Hall–Kier alpha value is -2.94. The zero-order valence-corrected chi connectivity index (χ0v) is 14.5. The second-order valence-corrected chi connectivity index (χ2v) is 6.16. The maximum atomic E-state index is 10.4. The summed E-state index contributed by atoms with van der Waals surface area (Å²) in [5, 5.41) is 10.4. The summed E-state index contributed by atoms with van der Waals surface area (Å²) in [6.07, 6.45) is 0. The molecule has 3 nitrogen and oxygen atoms in total. The Kier molecular flexibility index (Phi) is 5.24. The predicted octanol–water partition coefficient (Wildman–Crippen LogP) is 5.17. The predicted molar refractivity (Wildman–Crippen MR) is 99.1 cm³/mol. The Morgan fingerprint density at radius 2 is 1.12 bits per heavy atom. The number of para-hydroxylation sites is 1. The van der Waals surface area contributed by atoms with Crippen LogP contribution < -0.4 is 9.47 Å². The number of rotatable bonds is 6. The highest BCUT2D eigenvalue weighted by molar-refractivity contribution is 5.50. The van der Waals surface area contributed by atoms with E-state index in [0.29, 0.717) is 24.7 Å². The fraction of sp³-hybridized carbons (Fsp3) is 0.182. The van der Waals surface area contributed by atoms with Crippen LogP contribution in [0.3, 0.4) is 0 Å². The summed E-state index contributed by atoms with van der Waals surface area (Å²) in [4.78, 5) is 0. The molecule has 0 radical (unpaired) electrons. The summed E-state index contributed by atoms with van der Waals surface area (Å²) in [6, 6.07) is 21.5. The molecule has 0 atom stereocenters. The molecule has 0 saturated carbocycles. The Labute approximate surface area is 148 Å². The fourth-order valence-corrected chi connectivity index (χ4v) is 2.66. The zero-order valence-electron chi connectivity index (χ0n) is 14.5. The van der Waals surface area contributed by atoms with Gasteiger partial charge in [-0.3, -0.25) is 0 Å². The second kappa shape index (κ2) is 7.75. The summed E-state index contributed by atoms with van der Waals surface area (Å²) in [5.41, 5.74) is 4.48. The molecule has 0 saturated heterocycles. The van der Waals surface area contributed by atoms with Crippen molar-refractivity contribution in [2.75, 3.05) is 0 Å². The summed E-state index contributed by atoms with van der Waals surface area (Å²) >= 11 is 0. The highest BCUT2D eigenvalue weighted by atomic mass is 16.5. The van der Waals surface area contributed by atoms with Crippen molar-refractivity contribution in [3.8, 4) is 17.2 Å². The summed E-state index contributed by atoms with van der Waals surface area (Å²) in [7, 11) is 0. The van der Waals surface area contributed by atoms with Gasteiger partial charge in [0.05, 0.1) is 0 Å². The van der Waals surface area contributed by atoms with Gasteiger partial charge in [-0.25, -0.2) is 0 Å². The monoisotopic (exact) mass is 334 g/mol. The maximum Gasteiger partial charge on any atom is 0.200 e. The van der Waals surface area contributed by atoms with Gasteiger partial charge in [-0.15, -0.1) is 0 Å². The minimum Gasteiger partial charge on any atom is -0.502 e. The molecule has 0 spiro atoms. The molecule has 3 rings (SSSR count). The van der Waals surface area contributed by atoms with Crippen LogP contribution in [0.1, 0.15) is 22.3 Å². The molecule has 0 fully saturated rings. The van der Waals surface area contributed by atoms with Crippen LogP contribution in [0.4, 0.5) is 0 Å². The van der Waals surface area contributed by atoms with Crippen molar-refractivity contribution in [3.63, 3.8) is 0 Å². The molecule has 0 aromatic heterocycles. The number of ether oxygens (including phenoxy) is 2. The summed E-state index contributed by atoms with van der Waals surface area (Å²) in [6.45, 7) is 4.88. The van der Waals surface area contributed by atoms with Gasteiger partial charge >= 0.3 is 0 Å². The third-order valence-electron chi connectivity index (χ3n) is 3.92. The van der Waals surface area contributed by atoms with Crippen molar-refractivity contribution in [1.82, 2.24) is 0 Å². The van der Waals surface area contributed by atoms with E-state index in [1.807, 2.05) is 56.3 Å². The number of hydrogen-bond donors (Lipinski definition) is 1. The van der Waals surface area contributed by atoms with Gasteiger partial charge in [0.1, 0.15) is 13.2 Å². The molecule has 1 N–H and O–H groups in total. The number of benzene rings is 3. The number of phenols is 1. The molecule has 0 aliphatic carbocycles. The lowest BCUT2D eigenvalue weighted by atomic mass is 10.1. The third-order valence-corrected chi connectivity index (χ3v) is 3.92. The minimum absolute atomic E-state index is 0.0304. The van der Waals surface area contributed by atoms with Gasteiger partial charge in [0.2, 0.25) is 5.75 Å². The summed E-state index contributed by atoms with van der Waals surface area (Å²) in [5.74, 6) is 0.870. The van der Waals surface area contributed by atoms with Crippen LogP contribution in [0.15, 0.2) is 66.7 Å². The van der Waals surface area contributed by atoms with Gasteiger partial charge < -0.3 is 14.6 Å². The van der Waals surface area contributed by atoms with Gasteiger partial charge in [-0.05, 0) is 37.1 Å². The van der Waals surface area contributed by atoms with Crippen LogP contribution in [0, 0.1) is 13.8 Å². The Morgan fingerprint density at radius 3 is 1.56 bits per heavy atom. The molecule has 0 amide bonds. The van der Waals surface area contributed by atoms with E-state index >= 15 is 0 Å². The first-order chi connectivity index (χ1) is 12.1. The number of phenolic OH excluding ortho intramolecular Hbond substituents is 1. The largest absolute Gasteiger partial charge is 0.502 e. The SMILES string of the molecule is Cc1cccc(COc2cccc(OCc3cccc(C)c3)c2O)c1. The Bertz CT molecular complexity index is 788. The van der Waals surface area contributed by atoms with Crippen LogP contribution in [0.5, 0.6) is 17.2 Å². The van der Waals surface area contributed by atoms with E-state index in [1.54, 1.807) is 12.1 Å². The normalized spacial score (nSPS) is 10.5. The number of aryl methyl sites for hydroxylation is 2. The molecule has 25 heavy (non-hydrogen) atoms. The molecule has 0 heterocycles. The molecule has 3 aromatic carbocycles. The topological polar surface area (TPSA) is 38.7 Å². The summed E-state index contributed by atoms with van der Waals surface area (Å²) < 4.78 is 11.5. The van der Waals surface area contributed by atoms with Crippen LogP contribution in [-0.4, -0.2) is 5.11 Å². The molecular weight excluding hydrogens is 312 g/mol. The van der Waals surface area contributed by atoms with E-state index in [0.717, 1.165) is 11.1 Å². The molecular formula is C22H22O3. The van der Waals surface area contributed by atoms with E-state index in [2.05, 4.69) is 12.1 Å². The lowest BCUT2D eigenvalue weighted by Crippen LogP contribution is -1.99. The lowest BCUT2D eigenvalue weighted by Gasteiger charge is -2.13. The van der Waals surface area contributed by atoms with Crippen molar-refractivity contribution < 1.29 is 14.6 Å². The zero-order chi connectivity index (χ0) is 17.6. The first-order valence-corrected chi connectivity index (χ1v) is 8.30. The van der Waals surface area contributed by atoms with Gasteiger partial charge in [-0.1, -0.05) is 65.7 Å². The number of aromatic hydroxyl groups is 1. The lowest BCUT2D eigenvalue weighted by molar-refractivity contribution is 0.263. The van der Waals surface area contributed by atoms with Crippen molar-refractivity contribution in [3.05, 3.63) is 89.0 Å². The molecule has 128 valence electrons. The van der Waals surface area contributed by atoms with E-state index in [1.165, 1.54) is 11.1 Å². The van der Waals surface area contributed by atoms with E-state index < -0.39 is 0 Å². The Balaban J connectivity index is 1.67. The van der Waals surface area contributed by atoms with E-state index in [4.69, 9.17) is 9.47 Å². The quantitative estimate of drug-likeness (QED) is 0.676. The Morgan fingerprint density at radius 1 is 0.680 bits per heavy atom. The van der Waals surface area contributed by atoms with Crippen molar-refractivity contribution in [1.29, 1.82) is 0 Å². The standard InChI is InChI=1S/C22H22O3/c1-16-6-3-8-18(12-16)14-24-20-10-5-11-21(22(20)23)25-15-19-9-4-7-17(2)13-19/h3-13,23H,14-15H2,1-2H3. The first kappa shape index (κ1) is 16.9. The van der Waals surface area contributed by atoms with Gasteiger partial charge in [-0.2, -0.15) is 0 Å².